The summed E-state index contributed by atoms with van der Waals surface area (Å²) in [4.78, 5) is 25.9. The second-order valence-corrected chi connectivity index (χ2v) is 12.4. The Morgan fingerprint density at radius 1 is 0.973 bits per heavy atom. The first-order valence-corrected chi connectivity index (χ1v) is 14.5. The molecule has 2 aliphatic rings. The van der Waals surface area contributed by atoms with Crippen LogP contribution < -0.4 is 0 Å². The molecule has 1 N–H and O–H groups in total. The van der Waals surface area contributed by atoms with Crippen LogP contribution in [-0.4, -0.2) is 54.9 Å². The molecule has 0 amide bonds. The Bertz CT molecular complexity index is 1250. The van der Waals surface area contributed by atoms with Crippen molar-refractivity contribution in [1.29, 1.82) is 0 Å². The molecular formula is C29H37NO6S. The van der Waals surface area contributed by atoms with Crippen LogP contribution in [0.4, 0.5) is 0 Å². The standard InChI is InChI=1S/C29H37NO6S/c1-18-14-19(2)21(4)28(20(18)3)37(34,35)30-16-25(31)15-26(30)29(33)36-17-27(32)24-12-10-23(11-13-24)22-8-6-5-7-9-22/h10-14,22,25-26,31H,5-9,15-17H2,1-4H3. The topological polar surface area (TPSA) is 101 Å². The molecule has 2 unspecified atom stereocenters. The molecule has 1 aliphatic carbocycles. The van der Waals surface area contributed by atoms with Crippen molar-refractivity contribution in [3.63, 3.8) is 0 Å². The monoisotopic (exact) mass is 527 g/mol. The Labute approximate surface area is 219 Å². The van der Waals surface area contributed by atoms with Crippen molar-refractivity contribution in [3.05, 3.63) is 63.7 Å². The van der Waals surface area contributed by atoms with Gasteiger partial charge in [-0.2, -0.15) is 4.31 Å². The number of ether oxygens (including phenoxy) is 1. The van der Waals surface area contributed by atoms with Gasteiger partial charge < -0.3 is 9.84 Å². The molecule has 0 spiro atoms. The third-order valence-corrected chi connectivity index (χ3v) is 10.2. The van der Waals surface area contributed by atoms with Crippen LogP contribution in [0.1, 0.15) is 82.6 Å². The van der Waals surface area contributed by atoms with E-state index in [1.54, 1.807) is 26.0 Å². The molecule has 0 bridgehead atoms. The summed E-state index contributed by atoms with van der Waals surface area (Å²) in [5.41, 5.74) is 4.57. The lowest BCUT2D eigenvalue weighted by Crippen LogP contribution is -2.42. The fourth-order valence-corrected chi connectivity index (χ4v) is 7.85. The van der Waals surface area contributed by atoms with E-state index in [1.807, 2.05) is 32.0 Å². The van der Waals surface area contributed by atoms with Crippen LogP contribution >= 0.6 is 0 Å². The minimum Gasteiger partial charge on any atom is -0.456 e. The molecular weight excluding hydrogens is 490 g/mol. The number of aliphatic hydroxyl groups excluding tert-OH is 1. The first kappa shape index (κ1) is 27.5. The van der Waals surface area contributed by atoms with E-state index in [-0.39, 0.29) is 23.6 Å². The highest BCUT2D eigenvalue weighted by molar-refractivity contribution is 7.89. The quantitative estimate of drug-likeness (QED) is 0.420. The average Bonchev–Trinajstić information content (AvgIpc) is 3.29. The number of hydrogen-bond acceptors (Lipinski definition) is 6. The third-order valence-electron chi connectivity index (χ3n) is 8.02. The van der Waals surface area contributed by atoms with Crippen LogP contribution in [0.2, 0.25) is 0 Å². The second-order valence-electron chi connectivity index (χ2n) is 10.6. The van der Waals surface area contributed by atoms with Gasteiger partial charge in [0.2, 0.25) is 10.0 Å². The Kier molecular flexibility index (Phi) is 8.21. The van der Waals surface area contributed by atoms with E-state index in [2.05, 4.69) is 0 Å². The summed E-state index contributed by atoms with van der Waals surface area (Å²) >= 11 is 0. The molecule has 8 heteroatoms. The predicted octanol–water partition coefficient (Wildman–Crippen LogP) is 4.52. The number of benzene rings is 2. The zero-order valence-electron chi connectivity index (χ0n) is 22.1. The van der Waals surface area contributed by atoms with E-state index in [1.165, 1.54) is 37.7 Å². The van der Waals surface area contributed by atoms with Crippen molar-refractivity contribution in [2.75, 3.05) is 13.2 Å². The number of aryl methyl sites for hydroxylation is 2. The molecule has 2 aromatic rings. The predicted molar refractivity (Wildman–Crippen MR) is 141 cm³/mol. The minimum atomic E-state index is -4.09. The number of carbonyl (C=O) groups excluding carboxylic acids is 2. The van der Waals surface area contributed by atoms with Gasteiger partial charge in [0.25, 0.3) is 0 Å². The van der Waals surface area contributed by atoms with Gasteiger partial charge in [-0.1, -0.05) is 49.6 Å². The van der Waals surface area contributed by atoms with Crippen LogP contribution in [0.3, 0.4) is 0 Å². The lowest BCUT2D eigenvalue weighted by atomic mass is 9.84. The van der Waals surface area contributed by atoms with Gasteiger partial charge in [0.1, 0.15) is 6.04 Å². The highest BCUT2D eigenvalue weighted by Gasteiger charge is 2.45. The molecule has 1 heterocycles. The smallest absolute Gasteiger partial charge is 0.325 e. The Morgan fingerprint density at radius 2 is 1.57 bits per heavy atom. The van der Waals surface area contributed by atoms with Gasteiger partial charge >= 0.3 is 5.97 Å². The molecule has 2 atom stereocenters. The van der Waals surface area contributed by atoms with Gasteiger partial charge in [0, 0.05) is 18.5 Å². The third kappa shape index (κ3) is 5.66. The van der Waals surface area contributed by atoms with E-state index in [0.717, 1.165) is 15.4 Å². The fraction of sp³-hybridized carbons (Fsp3) is 0.517. The number of esters is 1. The first-order chi connectivity index (χ1) is 17.5. The van der Waals surface area contributed by atoms with E-state index in [0.29, 0.717) is 22.6 Å². The van der Waals surface area contributed by atoms with Crippen molar-refractivity contribution in [1.82, 2.24) is 4.31 Å². The molecule has 1 saturated carbocycles. The molecule has 2 aromatic carbocycles. The van der Waals surface area contributed by atoms with Crippen molar-refractivity contribution >= 4 is 21.8 Å². The molecule has 1 aliphatic heterocycles. The van der Waals surface area contributed by atoms with Gasteiger partial charge in [-0.05, 0) is 74.3 Å². The summed E-state index contributed by atoms with van der Waals surface area (Å²) in [6, 6.07) is 8.22. The fourth-order valence-electron chi connectivity index (χ4n) is 5.64. The zero-order chi connectivity index (χ0) is 26.9. The van der Waals surface area contributed by atoms with Crippen molar-refractivity contribution in [3.8, 4) is 0 Å². The summed E-state index contributed by atoms with van der Waals surface area (Å²) in [5.74, 6) is -0.647. The molecule has 0 radical (unpaired) electrons. The van der Waals surface area contributed by atoms with Crippen LogP contribution in [0.5, 0.6) is 0 Å². The molecule has 37 heavy (non-hydrogen) atoms. The maximum Gasteiger partial charge on any atom is 0.325 e. The van der Waals surface area contributed by atoms with E-state index in [4.69, 9.17) is 4.74 Å². The summed E-state index contributed by atoms with van der Waals surface area (Å²) in [5, 5.41) is 10.3. The molecule has 200 valence electrons. The summed E-state index contributed by atoms with van der Waals surface area (Å²) in [6.45, 7) is 6.49. The van der Waals surface area contributed by atoms with Crippen molar-refractivity contribution < 1.29 is 27.9 Å². The SMILES string of the molecule is Cc1cc(C)c(C)c(S(=O)(=O)N2CC(O)CC2C(=O)OCC(=O)c2ccc(C3CCCCC3)cc2)c1C. The molecule has 7 nitrogen and oxygen atoms in total. The number of ketones is 1. The number of nitrogens with zero attached hydrogens (tertiary/aromatic N) is 1. The lowest BCUT2D eigenvalue weighted by molar-refractivity contribution is -0.146. The highest BCUT2D eigenvalue weighted by atomic mass is 32.2. The maximum atomic E-state index is 13.7. The van der Waals surface area contributed by atoms with Crippen LogP contribution in [0.15, 0.2) is 35.2 Å². The minimum absolute atomic E-state index is 0.0781. The Morgan fingerprint density at radius 3 is 2.16 bits per heavy atom. The highest BCUT2D eigenvalue weighted by Crippen LogP contribution is 2.34. The lowest BCUT2D eigenvalue weighted by Gasteiger charge is -2.25. The van der Waals surface area contributed by atoms with E-state index >= 15 is 0 Å². The molecule has 1 saturated heterocycles. The number of sulfonamides is 1. The number of rotatable bonds is 7. The van der Waals surface area contributed by atoms with Gasteiger partial charge in [-0.3, -0.25) is 9.59 Å². The molecule has 2 fully saturated rings. The number of carbonyl (C=O) groups is 2. The van der Waals surface area contributed by atoms with E-state index in [9.17, 15) is 23.1 Å². The summed E-state index contributed by atoms with van der Waals surface area (Å²) in [6.07, 6.45) is 4.99. The number of Topliss-reactive ketones (excluding diaryl/α,β-unsaturated/α-hetero) is 1. The summed E-state index contributed by atoms with van der Waals surface area (Å²) < 4.78 is 33.7. The van der Waals surface area contributed by atoms with Gasteiger partial charge in [-0.15, -0.1) is 0 Å². The maximum absolute atomic E-state index is 13.7. The van der Waals surface area contributed by atoms with Gasteiger partial charge in [-0.25, -0.2) is 8.42 Å². The Balaban J connectivity index is 1.46. The number of β-amino-alcohol motifs (C(OH)–C–C–N with tert-alkyl or cyclic N) is 1. The van der Waals surface area contributed by atoms with Gasteiger partial charge in [0.05, 0.1) is 11.0 Å². The first-order valence-electron chi connectivity index (χ1n) is 13.1. The molecule has 4 rings (SSSR count). The Hall–Kier alpha value is -2.55. The van der Waals surface area contributed by atoms with Crippen LogP contribution in [-0.2, 0) is 19.6 Å². The molecule has 0 aromatic heterocycles. The summed E-state index contributed by atoms with van der Waals surface area (Å²) in [7, 11) is -4.09. The number of hydrogen-bond donors (Lipinski definition) is 1. The zero-order valence-corrected chi connectivity index (χ0v) is 22.9. The number of aliphatic hydroxyl groups is 1. The second kappa shape index (κ2) is 11.1. The largest absolute Gasteiger partial charge is 0.456 e. The van der Waals surface area contributed by atoms with Crippen LogP contribution in [0, 0.1) is 27.7 Å². The van der Waals surface area contributed by atoms with Crippen LogP contribution in [0.25, 0.3) is 0 Å². The van der Waals surface area contributed by atoms with E-state index < -0.39 is 34.7 Å². The normalized spacial score (nSPS) is 21.2. The van der Waals surface area contributed by atoms with Crippen molar-refractivity contribution in [2.24, 2.45) is 0 Å². The van der Waals surface area contributed by atoms with Crippen molar-refractivity contribution in [2.45, 2.75) is 89.2 Å². The average molecular weight is 528 g/mol. The van der Waals surface area contributed by atoms with Gasteiger partial charge in [0.15, 0.2) is 12.4 Å².